The number of aliphatic hydroxyl groups is 10. The Balaban J connectivity index is 0.000000158. The average Bonchev–Trinajstić information content (AvgIpc) is 1.63. The average molecular weight is 1720 g/mol. The van der Waals surface area contributed by atoms with Gasteiger partial charge in [0.2, 0.25) is 0 Å². The van der Waals surface area contributed by atoms with Gasteiger partial charge in [-0.3, -0.25) is 47.2 Å². The number of H-pyrrole nitrogens is 2. The minimum Gasteiger partial charge on any atom is -0.394 e. The van der Waals surface area contributed by atoms with E-state index in [1.807, 2.05) is 6.92 Å². The molecule has 0 radical (unpaired) electrons. The number of urea groups is 2. The Bertz CT molecular complexity index is 5050. The maximum Gasteiger partial charge on any atom is 0.351 e. The molecule has 16 heterocycles. The molecule has 53 heteroatoms. The number of anilines is 2. The Morgan fingerprint density at radius 2 is 1.27 bits per heavy atom. The molecule has 9 aliphatic heterocycles. The first kappa shape index (κ1) is 92.7. The molecular formula is C66H93FN26O24S2. The van der Waals surface area contributed by atoms with E-state index in [9.17, 15) is 53.3 Å². The molecule has 4 amide bonds. The van der Waals surface area contributed by atoms with Gasteiger partial charge in [-0.05, 0) is 62.4 Å². The smallest absolute Gasteiger partial charge is 0.351 e. The first-order valence-corrected chi connectivity index (χ1v) is 38.3. The largest absolute Gasteiger partial charge is 0.394 e. The fraction of sp³-hybridized carbons (Fsp3) is 0.545. The minimum absolute atomic E-state index is 0. The Labute approximate surface area is 679 Å². The number of aromatic nitrogens is 14. The van der Waals surface area contributed by atoms with Crippen molar-refractivity contribution in [1.29, 1.82) is 0 Å². The summed E-state index contributed by atoms with van der Waals surface area (Å²) in [4.78, 5) is 118. The van der Waals surface area contributed by atoms with E-state index in [0.29, 0.717) is 39.4 Å². The molecule has 50 nitrogen and oxygen atoms in total. The van der Waals surface area contributed by atoms with Crippen molar-refractivity contribution in [2.24, 2.45) is 16.6 Å². The quantitative estimate of drug-likeness (QED) is 0.0198. The summed E-state index contributed by atoms with van der Waals surface area (Å²) < 4.78 is 58.0. The molecule has 6 fully saturated rings. The highest BCUT2D eigenvalue weighted by atomic mass is 32.2. The number of aryl methyl sites for hydroxylation is 1. The zero-order valence-corrected chi connectivity index (χ0v) is 65.4. The number of hydrogen-bond donors (Lipinski definition) is 19. The van der Waals surface area contributed by atoms with Gasteiger partial charge >= 0.3 is 29.1 Å². The number of nitrogen functional groups attached to an aromatic ring is 2. The van der Waals surface area contributed by atoms with Gasteiger partial charge in [-0.25, -0.2) is 53.3 Å². The number of nitrogens with zero attached hydrogens (tertiary/aromatic N) is 17. The summed E-state index contributed by atoms with van der Waals surface area (Å²) in [6.07, 6.45) is 9.75. The Hall–Kier alpha value is -10.2. The van der Waals surface area contributed by atoms with Crippen LogP contribution in [0.1, 0.15) is 76.2 Å². The summed E-state index contributed by atoms with van der Waals surface area (Å²) in [5.74, 6) is 0.0826. The predicted molar refractivity (Wildman–Crippen MR) is 414 cm³/mol. The number of hydrogen-bond acceptors (Lipinski definition) is 39. The summed E-state index contributed by atoms with van der Waals surface area (Å²) in [5, 5.41) is 101. The van der Waals surface area contributed by atoms with Gasteiger partial charge in [0.25, 0.3) is 11.1 Å². The van der Waals surface area contributed by atoms with Gasteiger partial charge in [0, 0.05) is 59.6 Å². The molecular weight excluding hydrogens is 1620 g/mol. The van der Waals surface area contributed by atoms with Crippen LogP contribution in [0.25, 0.3) is 32.8 Å². The Kier molecular flexibility index (Phi) is 33.2. The van der Waals surface area contributed by atoms with Crippen LogP contribution in [0, 0.1) is 12.7 Å². The normalized spacial score (nSPS) is 29.1. The lowest BCUT2D eigenvalue weighted by Crippen LogP contribution is -2.54. The number of azide groups is 1. The second-order valence-electron chi connectivity index (χ2n) is 26.9. The van der Waals surface area contributed by atoms with Crippen molar-refractivity contribution in [3.05, 3.63) is 166 Å². The zero-order chi connectivity index (χ0) is 85.3. The van der Waals surface area contributed by atoms with Crippen molar-refractivity contribution in [2.45, 2.75) is 168 Å². The van der Waals surface area contributed by atoms with Crippen LogP contribution in [0.2, 0.25) is 0 Å². The lowest BCUT2D eigenvalue weighted by Gasteiger charge is -2.32. The maximum atomic E-state index is 13.1. The lowest BCUT2D eigenvalue weighted by atomic mass is 10.1. The molecule has 4 unspecified atom stereocenters. The Morgan fingerprint density at radius 1 is 0.630 bits per heavy atom. The van der Waals surface area contributed by atoms with E-state index in [-0.39, 0.29) is 119 Å². The number of nitrogens with one attached hydrogen (secondary N) is 4. The van der Waals surface area contributed by atoms with Crippen LogP contribution in [-0.2, 0) is 33.2 Å². The number of aromatic amines is 2. The highest BCUT2D eigenvalue weighted by Crippen LogP contribution is 2.35. The van der Waals surface area contributed by atoms with Gasteiger partial charge < -0.3 is 129 Å². The lowest BCUT2D eigenvalue weighted by molar-refractivity contribution is -0.0544. The molecule has 650 valence electrons. The van der Waals surface area contributed by atoms with E-state index in [1.165, 1.54) is 72.2 Å². The zero-order valence-electron chi connectivity index (χ0n) is 63.7. The fourth-order valence-corrected chi connectivity index (χ4v) is 14.3. The minimum atomic E-state index is -1.14. The van der Waals surface area contributed by atoms with E-state index >= 15 is 0 Å². The highest BCUT2D eigenvalue weighted by Gasteiger charge is 2.45. The van der Waals surface area contributed by atoms with Gasteiger partial charge in [-0.2, -0.15) is 9.97 Å². The van der Waals surface area contributed by atoms with E-state index in [4.69, 9.17) is 97.4 Å². The highest BCUT2D eigenvalue weighted by molar-refractivity contribution is 8.00. The van der Waals surface area contributed by atoms with Gasteiger partial charge in [0.1, 0.15) is 103 Å². The van der Waals surface area contributed by atoms with Gasteiger partial charge in [0.15, 0.2) is 40.9 Å². The van der Waals surface area contributed by atoms with Crippen molar-refractivity contribution < 1.29 is 98.2 Å². The monoisotopic (exact) mass is 1720 g/mol. The molecule has 20 atom stereocenters. The van der Waals surface area contributed by atoms with Crippen LogP contribution in [0.5, 0.6) is 0 Å². The summed E-state index contributed by atoms with van der Waals surface area (Å²) in [6, 6.07) is 0.339. The fourth-order valence-electron chi connectivity index (χ4n) is 12.5. The molecule has 7 aromatic rings. The van der Waals surface area contributed by atoms with E-state index in [1.54, 1.807) is 67.8 Å². The SMILES string of the molecule is CC1=CN([C@@H]2CC(O)[C@H](CO)O2)C(=O)NC1N.CC1=CN([C@H]2C=C[C@@H](CO)O2)C(=O)NC1N.Cc1cn([C@H]2CC(N=[N+]=[N-])[C@@H](CO)O2)c(=O)[nH]c1=O.N.Nc1ccn([C@@H]2CS[C@H](CO)O2)c(=O)n1.Nc1nc(=O)n([C@@H]2CS[C@H](CO)O2)cc1F.O=c1[nH]cnc2c1ncn2[C@H]1CC[C@@H](CO)O1.OC[C@H]1O[C@@H](n2cnc3cncnc32)[C@@H](O)[C@@H]1O. The number of imidazole rings is 2. The molecule has 0 saturated carbocycles. The van der Waals surface area contributed by atoms with E-state index in [0.717, 1.165) is 34.8 Å². The molecule has 9 aliphatic rings. The van der Waals surface area contributed by atoms with Gasteiger partial charge in [0.05, 0.1) is 102 Å². The van der Waals surface area contributed by atoms with Crippen LogP contribution in [0.3, 0.4) is 0 Å². The number of carbonyl (C=O) groups excluding carboxylic acids is 2. The molecule has 0 spiro atoms. The molecule has 25 N–H and O–H groups in total. The number of ether oxygens (including phenoxy) is 7. The number of fused-ring (bicyclic) bond motifs is 2. The number of rotatable bonds is 15. The molecule has 16 rings (SSSR count). The van der Waals surface area contributed by atoms with Gasteiger partial charge in [-0.1, -0.05) is 11.2 Å². The van der Waals surface area contributed by atoms with Crippen LogP contribution in [0.4, 0.5) is 25.6 Å². The Morgan fingerprint density at radius 3 is 1.87 bits per heavy atom. The van der Waals surface area contributed by atoms with Crippen molar-refractivity contribution in [1.82, 2.24) is 94.3 Å². The third-order valence-electron chi connectivity index (χ3n) is 18.9. The van der Waals surface area contributed by atoms with Crippen molar-refractivity contribution in [2.75, 3.05) is 69.2 Å². The summed E-state index contributed by atoms with van der Waals surface area (Å²) in [5.41, 5.74) is 31.1. The third kappa shape index (κ3) is 22.7. The van der Waals surface area contributed by atoms with Crippen LogP contribution in [0.15, 0.2) is 121 Å². The number of halogens is 1. The third-order valence-corrected chi connectivity index (χ3v) is 21.1. The number of nitrogens with two attached hydrogens (primary N) is 4. The second-order valence-corrected chi connectivity index (χ2v) is 29.3. The number of aliphatic hydroxyl groups excluding tert-OH is 10. The molecule has 6 saturated heterocycles. The topological polar surface area (TPSA) is 751 Å². The van der Waals surface area contributed by atoms with Crippen LogP contribution >= 0.6 is 23.5 Å². The maximum absolute atomic E-state index is 13.1. The number of thioether (sulfide) groups is 2. The first-order chi connectivity index (χ1) is 56.5. The number of amides is 4. The van der Waals surface area contributed by atoms with Crippen molar-refractivity contribution in [3.63, 3.8) is 0 Å². The van der Waals surface area contributed by atoms with Crippen molar-refractivity contribution in [3.8, 4) is 0 Å². The molecule has 0 bridgehead atoms. The molecule has 119 heavy (non-hydrogen) atoms. The molecule has 7 aromatic heterocycles. The second kappa shape index (κ2) is 42.7. The van der Waals surface area contributed by atoms with Crippen LogP contribution in [-0.4, -0.2) is 289 Å². The van der Waals surface area contributed by atoms with E-state index in [2.05, 4.69) is 65.5 Å². The summed E-state index contributed by atoms with van der Waals surface area (Å²) in [7, 11) is 0. The molecule has 0 aliphatic carbocycles. The summed E-state index contributed by atoms with van der Waals surface area (Å²) in [6.45, 7) is 3.97. The molecule has 0 aromatic carbocycles. The first-order valence-electron chi connectivity index (χ1n) is 36.2. The van der Waals surface area contributed by atoms with Crippen LogP contribution < -0.4 is 67.9 Å². The number of carbonyl (C=O) groups is 2. The predicted octanol–water partition coefficient (Wildman–Crippen LogP) is -4.71. The van der Waals surface area contributed by atoms with E-state index < -0.39 is 126 Å². The van der Waals surface area contributed by atoms with Gasteiger partial charge in [-0.15, -0.1) is 23.5 Å². The van der Waals surface area contributed by atoms with Crippen molar-refractivity contribution >= 4 is 69.5 Å². The standard InChI is InChI=1S/C10H13N5O4.C10H12N4O4.C10H12N4O3.C10H17N3O4.C10H15N3O3.C8H10FN3O3S.C8H11N3O3S.H3N/c1-5-3-15(10(18)12-9(5)17)8-2-6(13-14-11)7(4-16)19-8;15-2-6-7(16)8(17)10(18-6)14-4-13-5-1-11-3-12-9(5)14;15-3-6-1-2-7(17-6)14-5-13-8-9(14)11-4-12-10(8)16;1-5-3-13(10(16)12-9(5)11)8-2-6(15)7(4-14)17-8;1-6-4-13(10(15)12-9(6)11)8-3-2-7(5-14)16-8;9-4-1-12(8(14)11-7(4)10)5-3-16-6(2-13)15-5;9-5-1-2-11(8(13)10-5)6-4-15-7(3-12)14-6;/h3,6-8,16H,2,4H2,1H3,(H,12,17,18);1,3-4,6-8,10,15-17H,2H2;4-7,15H,1-3H2,(H,11,12,16);3,6-9,14-15H,2,4,11H2,1H3,(H,12,16);2-4,7-9,14H,5,11H2,1H3,(H,12,15);1,5-6,13H,2-3H2,(H2,10,11,14);1-2,6-7,12H,3-4H2,(H2,9,10,13);1H3/t6?,7-,8-;6-,7-,8+,10-;6-,7+;6?,7-,8-,9?;7-,8+,9?;5-,6+;6-,7+;/m1100000./s1. The summed E-state index contributed by atoms with van der Waals surface area (Å²) >= 11 is 2.82.